The SMILES string of the molecule is CC.CC.CC.CC.CCC(C)CC. The molecule has 0 aromatic carbocycles. The maximum absolute atomic E-state index is 2.28. The van der Waals surface area contributed by atoms with Gasteiger partial charge < -0.3 is 0 Å². The second-order valence-electron chi connectivity index (χ2n) is 1.92. The Morgan fingerprint density at radius 2 is 0.714 bits per heavy atom. The van der Waals surface area contributed by atoms with Crippen LogP contribution in [0, 0.1) is 5.92 Å². The third kappa shape index (κ3) is 90.8. The van der Waals surface area contributed by atoms with Crippen molar-refractivity contribution in [3.05, 3.63) is 0 Å². The first kappa shape index (κ1) is 29.2. The zero-order valence-electron chi connectivity index (χ0n) is 13.0. The van der Waals surface area contributed by atoms with E-state index in [2.05, 4.69) is 20.8 Å². The van der Waals surface area contributed by atoms with E-state index in [-0.39, 0.29) is 0 Å². The Hall–Kier alpha value is 0. The van der Waals surface area contributed by atoms with Gasteiger partial charge in [-0.25, -0.2) is 0 Å². The Balaban J connectivity index is -0.0000000287. The fraction of sp³-hybridized carbons (Fsp3) is 1.00. The minimum absolute atomic E-state index is 0.935. The summed E-state index contributed by atoms with van der Waals surface area (Å²) in [5.74, 6) is 0.935. The summed E-state index contributed by atoms with van der Waals surface area (Å²) in [5, 5.41) is 0. The predicted octanol–water partition coefficient (Wildman–Crippen LogP) is 6.55. The van der Waals surface area contributed by atoms with E-state index < -0.39 is 0 Å². The van der Waals surface area contributed by atoms with Crippen LogP contribution in [0.4, 0.5) is 0 Å². The van der Waals surface area contributed by atoms with Crippen LogP contribution in [0.15, 0.2) is 0 Å². The topological polar surface area (TPSA) is 0 Å². The average molecular weight is 206 g/mol. The van der Waals surface area contributed by atoms with Crippen LogP contribution in [0.3, 0.4) is 0 Å². The van der Waals surface area contributed by atoms with Crippen LogP contribution in [0.25, 0.3) is 0 Å². The molecule has 0 amide bonds. The van der Waals surface area contributed by atoms with Crippen LogP contribution in [0.2, 0.25) is 0 Å². The Morgan fingerprint density at radius 1 is 0.571 bits per heavy atom. The number of hydrogen-bond acceptors (Lipinski definition) is 0. The van der Waals surface area contributed by atoms with Gasteiger partial charge in [0.05, 0.1) is 0 Å². The minimum atomic E-state index is 0.935. The molecular weight excluding hydrogens is 168 g/mol. The molecule has 0 aromatic rings. The lowest BCUT2D eigenvalue weighted by atomic mass is 10.1. The van der Waals surface area contributed by atoms with Gasteiger partial charge in [-0.1, -0.05) is 89.0 Å². The normalized spacial score (nSPS) is 6.00. The fourth-order valence-electron chi connectivity index (χ4n) is 0.289. The molecule has 0 radical (unpaired) electrons. The molecular formula is C14H38. The van der Waals surface area contributed by atoms with Crippen LogP contribution in [-0.4, -0.2) is 0 Å². The molecule has 0 nitrogen and oxygen atoms in total. The lowest BCUT2D eigenvalue weighted by Gasteiger charge is -1.98. The first-order chi connectivity index (χ1) is 6.81. The quantitative estimate of drug-likeness (QED) is 0.481. The van der Waals surface area contributed by atoms with Crippen molar-refractivity contribution in [3.63, 3.8) is 0 Å². The lowest BCUT2D eigenvalue weighted by molar-refractivity contribution is 0.544. The maximum Gasteiger partial charge on any atom is -0.0448 e. The van der Waals surface area contributed by atoms with Crippen LogP contribution < -0.4 is 0 Å². The zero-order valence-corrected chi connectivity index (χ0v) is 13.0. The molecule has 0 spiro atoms. The Labute approximate surface area is 95.5 Å². The second-order valence-corrected chi connectivity index (χ2v) is 1.92. The second kappa shape index (κ2) is 74.9. The molecule has 0 unspecified atom stereocenters. The molecule has 14 heavy (non-hydrogen) atoms. The van der Waals surface area contributed by atoms with E-state index in [0.717, 1.165) is 5.92 Å². The van der Waals surface area contributed by atoms with Gasteiger partial charge in [-0.3, -0.25) is 0 Å². The van der Waals surface area contributed by atoms with E-state index in [9.17, 15) is 0 Å². The number of rotatable bonds is 2. The Kier molecular flexibility index (Phi) is 156. The van der Waals surface area contributed by atoms with Crippen LogP contribution in [0.5, 0.6) is 0 Å². The van der Waals surface area contributed by atoms with E-state index in [1.165, 1.54) is 12.8 Å². The van der Waals surface area contributed by atoms with E-state index in [1.54, 1.807) is 0 Å². The molecule has 0 bridgehead atoms. The molecule has 0 heterocycles. The molecule has 0 saturated heterocycles. The van der Waals surface area contributed by atoms with Gasteiger partial charge in [-0.2, -0.15) is 0 Å². The van der Waals surface area contributed by atoms with Gasteiger partial charge in [0.15, 0.2) is 0 Å². The summed E-state index contributed by atoms with van der Waals surface area (Å²) < 4.78 is 0. The van der Waals surface area contributed by atoms with Crippen LogP contribution >= 0.6 is 0 Å². The Bertz CT molecular complexity index is 19.2. The van der Waals surface area contributed by atoms with Crippen LogP contribution in [-0.2, 0) is 0 Å². The van der Waals surface area contributed by atoms with E-state index in [0.29, 0.717) is 0 Å². The predicted molar refractivity (Wildman–Crippen MR) is 75.1 cm³/mol. The third-order valence-electron chi connectivity index (χ3n) is 1.39. The highest BCUT2D eigenvalue weighted by molar-refractivity contribution is 4.41. The van der Waals surface area contributed by atoms with Gasteiger partial charge in [0.25, 0.3) is 0 Å². The summed E-state index contributed by atoms with van der Waals surface area (Å²) in [6.07, 6.45) is 2.66. The molecule has 0 rings (SSSR count). The van der Waals surface area contributed by atoms with Gasteiger partial charge in [-0.15, -0.1) is 0 Å². The van der Waals surface area contributed by atoms with E-state index in [4.69, 9.17) is 0 Å². The molecule has 0 aliphatic heterocycles. The van der Waals surface area contributed by atoms with Crippen molar-refractivity contribution in [2.45, 2.75) is 89.0 Å². The fourth-order valence-corrected chi connectivity index (χ4v) is 0.289. The highest BCUT2D eigenvalue weighted by Gasteiger charge is 1.88. The average Bonchev–Trinajstić information content (AvgIpc) is 2.38. The van der Waals surface area contributed by atoms with Crippen LogP contribution in [0.1, 0.15) is 89.0 Å². The molecule has 0 aliphatic rings. The van der Waals surface area contributed by atoms with Gasteiger partial charge >= 0.3 is 0 Å². The van der Waals surface area contributed by atoms with Crippen molar-refractivity contribution in [1.82, 2.24) is 0 Å². The Morgan fingerprint density at radius 3 is 0.714 bits per heavy atom. The van der Waals surface area contributed by atoms with Gasteiger partial charge in [-0.05, 0) is 5.92 Å². The van der Waals surface area contributed by atoms with Crippen molar-refractivity contribution >= 4 is 0 Å². The van der Waals surface area contributed by atoms with Gasteiger partial charge in [0.2, 0.25) is 0 Å². The third-order valence-corrected chi connectivity index (χ3v) is 1.39. The number of hydrogen-bond donors (Lipinski definition) is 0. The molecule has 0 N–H and O–H groups in total. The minimum Gasteiger partial charge on any atom is -0.0683 e. The lowest BCUT2D eigenvalue weighted by Crippen LogP contribution is -1.85. The summed E-state index contributed by atoms with van der Waals surface area (Å²) in [5.41, 5.74) is 0. The van der Waals surface area contributed by atoms with E-state index >= 15 is 0 Å². The molecule has 0 fully saturated rings. The molecule has 0 aliphatic carbocycles. The first-order valence-corrected chi connectivity index (χ1v) is 6.81. The summed E-state index contributed by atoms with van der Waals surface area (Å²) in [6.45, 7) is 22.7. The highest BCUT2D eigenvalue weighted by atomic mass is 13.9. The van der Waals surface area contributed by atoms with Crippen molar-refractivity contribution in [1.29, 1.82) is 0 Å². The molecule has 0 atom stereocenters. The van der Waals surface area contributed by atoms with Crippen molar-refractivity contribution in [3.8, 4) is 0 Å². The van der Waals surface area contributed by atoms with Crippen molar-refractivity contribution < 1.29 is 0 Å². The first-order valence-electron chi connectivity index (χ1n) is 6.81. The molecule has 94 valence electrons. The highest BCUT2D eigenvalue weighted by Crippen LogP contribution is 2.02. The molecule has 0 heteroatoms. The largest absolute Gasteiger partial charge is 0.0683 e. The summed E-state index contributed by atoms with van der Waals surface area (Å²) in [4.78, 5) is 0. The smallest absolute Gasteiger partial charge is 0.0448 e. The maximum atomic E-state index is 2.28. The molecule has 0 aromatic heterocycles. The standard InChI is InChI=1S/C6H14.4C2H6/c1-4-6(3)5-2;4*1-2/h6H,4-5H2,1-3H3;4*1-2H3. The zero-order chi connectivity index (χ0) is 13.0. The molecule has 0 saturated carbocycles. The van der Waals surface area contributed by atoms with Crippen molar-refractivity contribution in [2.75, 3.05) is 0 Å². The summed E-state index contributed by atoms with van der Waals surface area (Å²) in [7, 11) is 0. The van der Waals surface area contributed by atoms with E-state index in [1.807, 2.05) is 55.4 Å². The summed E-state index contributed by atoms with van der Waals surface area (Å²) >= 11 is 0. The van der Waals surface area contributed by atoms with Gasteiger partial charge in [0, 0.05) is 0 Å². The van der Waals surface area contributed by atoms with Crippen molar-refractivity contribution in [2.24, 2.45) is 5.92 Å². The van der Waals surface area contributed by atoms with Gasteiger partial charge in [0.1, 0.15) is 0 Å². The monoisotopic (exact) mass is 206 g/mol. The summed E-state index contributed by atoms with van der Waals surface area (Å²) in [6, 6.07) is 0.